The summed E-state index contributed by atoms with van der Waals surface area (Å²) in [5, 5.41) is 7.56. The van der Waals surface area contributed by atoms with Crippen molar-refractivity contribution >= 4 is 32.9 Å². The van der Waals surface area contributed by atoms with Crippen LogP contribution in [0.3, 0.4) is 0 Å². The number of benzene rings is 1. The van der Waals surface area contributed by atoms with Crippen LogP contribution < -0.4 is 14.8 Å². The summed E-state index contributed by atoms with van der Waals surface area (Å²) >= 11 is 0. The molecule has 3 heterocycles. The lowest BCUT2D eigenvalue weighted by Crippen LogP contribution is -2.10. The molecule has 0 bridgehead atoms. The van der Waals surface area contributed by atoms with Gasteiger partial charge in [-0.2, -0.15) is 5.10 Å². The molecule has 0 fully saturated rings. The van der Waals surface area contributed by atoms with Gasteiger partial charge in [-0.15, -0.1) is 0 Å². The van der Waals surface area contributed by atoms with Crippen molar-refractivity contribution in [3.63, 3.8) is 0 Å². The van der Waals surface area contributed by atoms with Gasteiger partial charge in [0.25, 0.3) is 0 Å². The third-order valence-electron chi connectivity index (χ3n) is 4.43. The summed E-state index contributed by atoms with van der Waals surface area (Å²) in [5.41, 5.74) is 4.39. The van der Waals surface area contributed by atoms with Crippen LogP contribution in [0.5, 0.6) is 5.88 Å². The van der Waals surface area contributed by atoms with E-state index in [0.29, 0.717) is 28.7 Å². The third kappa shape index (κ3) is 4.18. The summed E-state index contributed by atoms with van der Waals surface area (Å²) < 4.78 is 32.5. The van der Waals surface area contributed by atoms with Gasteiger partial charge >= 0.3 is 0 Å². The van der Waals surface area contributed by atoms with Crippen molar-refractivity contribution in [3.8, 4) is 17.0 Å². The van der Waals surface area contributed by atoms with Crippen LogP contribution in [0.1, 0.15) is 5.56 Å². The topological polar surface area (TPSA) is 111 Å². The SMILES string of the molecule is COc1ccc(-c2cnn3ccc(Nc4ccc(C)c(NS(C)(=O)=O)c4)nc23)cn1. The van der Waals surface area contributed by atoms with Gasteiger partial charge in [0, 0.05) is 35.3 Å². The van der Waals surface area contributed by atoms with E-state index < -0.39 is 10.0 Å². The highest BCUT2D eigenvalue weighted by atomic mass is 32.2. The maximum atomic E-state index is 11.6. The highest BCUT2D eigenvalue weighted by Crippen LogP contribution is 2.27. The zero-order valence-corrected chi connectivity index (χ0v) is 17.4. The summed E-state index contributed by atoms with van der Waals surface area (Å²) in [6, 6.07) is 10.9. The minimum absolute atomic E-state index is 0.512. The van der Waals surface area contributed by atoms with Crippen LogP contribution in [0.15, 0.2) is 55.0 Å². The van der Waals surface area contributed by atoms with E-state index in [-0.39, 0.29) is 0 Å². The van der Waals surface area contributed by atoms with E-state index in [1.807, 2.05) is 25.1 Å². The van der Waals surface area contributed by atoms with E-state index in [1.165, 1.54) is 0 Å². The number of anilines is 3. The molecule has 1 aromatic carbocycles. The first-order valence-corrected chi connectivity index (χ1v) is 10.9. The van der Waals surface area contributed by atoms with Crippen LogP contribution in [0, 0.1) is 6.92 Å². The lowest BCUT2D eigenvalue weighted by molar-refractivity contribution is 0.398. The van der Waals surface area contributed by atoms with Gasteiger partial charge in [0.2, 0.25) is 15.9 Å². The molecule has 0 saturated heterocycles. The second-order valence-electron chi connectivity index (χ2n) is 6.76. The average Bonchev–Trinajstić information content (AvgIpc) is 3.13. The Labute approximate surface area is 173 Å². The van der Waals surface area contributed by atoms with Gasteiger partial charge in [0.05, 0.1) is 25.2 Å². The number of pyridine rings is 1. The number of aromatic nitrogens is 4. The number of methoxy groups -OCH3 is 1. The van der Waals surface area contributed by atoms with Gasteiger partial charge in [-0.1, -0.05) is 6.07 Å². The maximum absolute atomic E-state index is 11.6. The van der Waals surface area contributed by atoms with Crippen molar-refractivity contribution < 1.29 is 13.2 Å². The van der Waals surface area contributed by atoms with Crippen LogP contribution in [0.25, 0.3) is 16.8 Å². The number of sulfonamides is 1. The summed E-state index contributed by atoms with van der Waals surface area (Å²) in [7, 11) is -1.80. The monoisotopic (exact) mass is 424 g/mol. The Bertz CT molecular complexity index is 1320. The fourth-order valence-electron chi connectivity index (χ4n) is 2.96. The Hall–Kier alpha value is -3.66. The normalized spacial score (nSPS) is 11.4. The number of hydrogen-bond acceptors (Lipinski definition) is 7. The quantitative estimate of drug-likeness (QED) is 0.489. The molecule has 3 aromatic heterocycles. The molecule has 0 atom stereocenters. The van der Waals surface area contributed by atoms with Crippen molar-refractivity contribution in [2.45, 2.75) is 6.92 Å². The molecule has 0 radical (unpaired) electrons. The summed E-state index contributed by atoms with van der Waals surface area (Å²) in [6.07, 6.45) is 6.36. The molecule has 2 N–H and O–H groups in total. The molecular weight excluding hydrogens is 404 g/mol. The average molecular weight is 424 g/mol. The molecule has 154 valence electrons. The van der Waals surface area contributed by atoms with Crippen molar-refractivity contribution in [1.29, 1.82) is 0 Å². The second-order valence-corrected chi connectivity index (χ2v) is 8.51. The molecule has 30 heavy (non-hydrogen) atoms. The first-order valence-electron chi connectivity index (χ1n) is 9.03. The molecule has 0 aliphatic carbocycles. The van der Waals surface area contributed by atoms with Crippen LogP contribution in [-0.2, 0) is 10.0 Å². The number of hydrogen-bond donors (Lipinski definition) is 2. The number of fused-ring (bicyclic) bond motifs is 1. The molecule has 0 saturated carbocycles. The predicted molar refractivity (Wildman–Crippen MR) is 116 cm³/mol. The minimum Gasteiger partial charge on any atom is -0.481 e. The molecule has 0 spiro atoms. The molecule has 4 aromatic rings. The van der Waals surface area contributed by atoms with Crippen LogP contribution >= 0.6 is 0 Å². The van der Waals surface area contributed by atoms with E-state index in [4.69, 9.17) is 4.74 Å². The standard InChI is InChI=1S/C20H20N6O3S/c1-13-4-6-15(10-17(13)25-30(3,27)28)23-18-8-9-26-20(24-18)16(12-22-26)14-5-7-19(29-2)21-11-14/h4-12,25H,1-3H3,(H,23,24). The van der Waals surface area contributed by atoms with E-state index in [1.54, 1.807) is 48.4 Å². The molecule has 4 rings (SSSR count). The number of nitrogens with zero attached hydrogens (tertiary/aromatic N) is 4. The van der Waals surface area contributed by atoms with Gasteiger partial charge in [-0.3, -0.25) is 4.72 Å². The first-order chi connectivity index (χ1) is 14.3. The fraction of sp³-hybridized carbons (Fsp3) is 0.150. The van der Waals surface area contributed by atoms with Gasteiger partial charge in [-0.05, 0) is 36.8 Å². The van der Waals surface area contributed by atoms with Crippen molar-refractivity contribution in [2.24, 2.45) is 0 Å². The Balaban J connectivity index is 1.66. The first kappa shape index (κ1) is 19.6. The molecule has 0 amide bonds. The number of nitrogens with one attached hydrogen (secondary N) is 2. The van der Waals surface area contributed by atoms with E-state index in [0.717, 1.165) is 22.9 Å². The predicted octanol–water partition coefficient (Wildman–Crippen LogP) is 3.22. The highest BCUT2D eigenvalue weighted by Gasteiger charge is 2.11. The van der Waals surface area contributed by atoms with Crippen LogP contribution in [0.2, 0.25) is 0 Å². The summed E-state index contributed by atoms with van der Waals surface area (Å²) in [5.74, 6) is 1.13. The van der Waals surface area contributed by atoms with Gasteiger partial charge in [0.15, 0.2) is 5.65 Å². The number of aryl methyl sites for hydroxylation is 1. The Morgan fingerprint density at radius 2 is 1.93 bits per heavy atom. The molecule has 9 nitrogen and oxygen atoms in total. The molecule has 10 heteroatoms. The minimum atomic E-state index is -3.37. The fourth-order valence-corrected chi connectivity index (χ4v) is 3.58. The smallest absolute Gasteiger partial charge is 0.229 e. The Morgan fingerprint density at radius 3 is 2.63 bits per heavy atom. The van der Waals surface area contributed by atoms with E-state index in [2.05, 4.69) is 25.1 Å². The lowest BCUT2D eigenvalue weighted by atomic mass is 10.1. The van der Waals surface area contributed by atoms with Crippen molar-refractivity contribution in [2.75, 3.05) is 23.4 Å². The van der Waals surface area contributed by atoms with Crippen LogP contribution in [-0.4, -0.2) is 41.4 Å². The zero-order chi connectivity index (χ0) is 21.3. The summed E-state index contributed by atoms with van der Waals surface area (Å²) in [6.45, 7) is 1.84. The highest BCUT2D eigenvalue weighted by molar-refractivity contribution is 7.92. The maximum Gasteiger partial charge on any atom is 0.229 e. The lowest BCUT2D eigenvalue weighted by Gasteiger charge is -2.11. The van der Waals surface area contributed by atoms with Crippen molar-refractivity contribution in [1.82, 2.24) is 19.6 Å². The second kappa shape index (κ2) is 7.64. The number of rotatable bonds is 6. The Morgan fingerprint density at radius 1 is 1.10 bits per heavy atom. The molecule has 0 unspecified atom stereocenters. The van der Waals surface area contributed by atoms with Gasteiger partial charge in [-0.25, -0.2) is 22.9 Å². The zero-order valence-electron chi connectivity index (χ0n) is 16.6. The Kier molecular flexibility index (Phi) is 5.00. The van der Waals surface area contributed by atoms with Gasteiger partial charge < -0.3 is 10.1 Å². The van der Waals surface area contributed by atoms with E-state index in [9.17, 15) is 8.42 Å². The number of ether oxygens (including phenoxy) is 1. The molecule has 0 aliphatic rings. The largest absolute Gasteiger partial charge is 0.481 e. The summed E-state index contributed by atoms with van der Waals surface area (Å²) in [4.78, 5) is 8.91. The molecular formula is C20H20N6O3S. The van der Waals surface area contributed by atoms with Gasteiger partial charge in [0.1, 0.15) is 5.82 Å². The third-order valence-corrected chi connectivity index (χ3v) is 5.02. The van der Waals surface area contributed by atoms with Crippen molar-refractivity contribution in [3.05, 3.63) is 60.6 Å². The van der Waals surface area contributed by atoms with E-state index >= 15 is 0 Å². The molecule has 0 aliphatic heterocycles. The van der Waals surface area contributed by atoms with Crippen LogP contribution in [0.4, 0.5) is 17.2 Å².